The number of rotatable bonds is 29. The normalized spacial score (nSPS) is 21.0. The summed E-state index contributed by atoms with van der Waals surface area (Å²) in [7, 11) is 0. The minimum absolute atomic E-state index is 0.220. The first-order valence-electron chi connectivity index (χ1n) is 19.0. The van der Waals surface area contributed by atoms with E-state index in [1.165, 1.54) is 88.4 Å². The van der Waals surface area contributed by atoms with E-state index in [0.717, 1.165) is 38.5 Å². The molecule has 0 bridgehead atoms. The van der Waals surface area contributed by atoms with Crippen molar-refractivity contribution >= 4 is 17.7 Å². The Morgan fingerprint density at radius 2 is 1.21 bits per heavy atom. The molecule has 0 radical (unpaired) electrons. The third-order valence-corrected chi connectivity index (χ3v) is 9.22. The minimum Gasteiger partial charge on any atom is -0.394 e. The molecule has 0 aromatic heterocycles. The van der Waals surface area contributed by atoms with Gasteiger partial charge in [-0.25, -0.2) is 0 Å². The molecule has 276 valence electrons. The average molecular weight is 671 g/mol. The molecule has 7 N–H and O–H groups in total. The lowest BCUT2D eigenvalue weighted by atomic mass is 9.96. The fourth-order valence-electron chi connectivity index (χ4n) is 6.34. The fourth-order valence-corrected chi connectivity index (χ4v) is 6.34. The van der Waals surface area contributed by atoms with Crippen LogP contribution in [0.2, 0.25) is 0 Å². The highest BCUT2D eigenvalue weighted by Crippen LogP contribution is 2.32. The van der Waals surface area contributed by atoms with Gasteiger partial charge >= 0.3 is 0 Å². The molecule has 1 saturated heterocycles. The van der Waals surface area contributed by atoms with Crippen molar-refractivity contribution in [1.82, 2.24) is 15.5 Å². The van der Waals surface area contributed by atoms with Crippen molar-refractivity contribution in [3.8, 4) is 0 Å². The Bertz CT molecular complexity index is 833. The first kappa shape index (κ1) is 43.2. The third-order valence-electron chi connectivity index (χ3n) is 9.22. The van der Waals surface area contributed by atoms with Crippen molar-refractivity contribution in [2.45, 2.75) is 186 Å². The van der Waals surface area contributed by atoms with Gasteiger partial charge in [0.1, 0.15) is 12.2 Å². The predicted octanol–water partition coefficient (Wildman–Crippen LogP) is 4.78. The van der Waals surface area contributed by atoms with E-state index in [9.17, 15) is 29.7 Å². The number of carbonyl (C=O) groups is 3. The molecule has 1 fully saturated rings. The van der Waals surface area contributed by atoms with E-state index >= 15 is 0 Å². The van der Waals surface area contributed by atoms with Crippen molar-refractivity contribution in [3.05, 3.63) is 0 Å². The number of hydrogen-bond acceptors (Lipinski definition) is 8. The SMILES string of the molecule is CCCCCCCCCCCCCCN(C(=O)CCCCCCCCCCC)[C@@]1(NC(=O)CNC(=O)CN)C[C@@H](O)[C@H](O)[C@@H](CO)O1. The minimum atomic E-state index is -1.79. The van der Waals surface area contributed by atoms with Crippen LogP contribution in [0.15, 0.2) is 0 Å². The van der Waals surface area contributed by atoms with Crippen molar-refractivity contribution in [2.75, 3.05) is 26.2 Å². The molecule has 47 heavy (non-hydrogen) atoms. The van der Waals surface area contributed by atoms with Crippen molar-refractivity contribution < 1.29 is 34.4 Å². The topological polar surface area (TPSA) is 174 Å². The van der Waals surface area contributed by atoms with Crippen LogP contribution in [-0.2, 0) is 19.1 Å². The molecular weight excluding hydrogens is 600 g/mol. The molecule has 1 aliphatic rings. The second kappa shape index (κ2) is 27.1. The quantitative estimate of drug-likeness (QED) is 0.0487. The van der Waals surface area contributed by atoms with Gasteiger partial charge < -0.3 is 36.4 Å². The molecular formula is C36H70N4O7. The van der Waals surface area contributed by atoms with E-state index in [0.29, 0.717) is 12.8 Å². The van der Waals surface area contributed by atoms with Crippen LogP contribution in [0.3, 0.4) is 0 Å². The molecule has 0 spiro atoms. The molecule has 11 heteroatoms. The lowest BCUT2D eigenvalue weighted by Gasteiger charge is -2.50. The molecule has 1 aliphatic heterocycles. The predicted molar refractivity (Wildman–Crippen MR) is 186 cm³/mol. The smallest absolute Gasteiger partial charge is 0.243 e. The van der Waals surface area contributed by atoms with E-state index < -0.39 is 49.1 Å². The number of hydrogen-bond donors (Lipinski definition) is 6. The summed E-state index contributed by atoms with van der Waals surface area (Å²) in [6, 6.07) is 0. The summed E-state index contributed by atoms with van der Waals surface area (Å²) in [6.07, 6.45) is 20.0. The maximum atomic E-state index is 13.9. The summed E-state index contributed by atoms with van der Waals surface area (Å²) >= 11 is 0. The maximum absolute atomic E-state index is 13.9. The van der Waals surface area contributed by atoms with Gasteiger partial charge in [-0.2, -0.15) is 0 Å². The van der Waals surface area contributed by atoms with Gasteiger partial charge in [-0.05, 0) is 12.8 Å². The van der Waals surface area contributed by atoms with Crippen molar-refractivity contribution in [1.29, 1.82) is 0 Å². The Balaban J connectivity index is 2.89. The largest absolute Gasteiger partial charge is 0.394 e. The zero-order chi connectivity index (χ0) is 34.8. The Hall–Kier alpha value is -1.79. The van der Waals surface area contributed by atoms with Crippen LogP contribution in [0.4, 0.5) is 0 Å². The van der Waals surface area contributed by atoms with Gasteiger partial charge in [0.05, 0.1) is 25.8 Å². The third kappa shape index (κ3) is 18.5. The van der Waals surface area contributed by atoms with Gasteiger partial charge in [-0.3, -0.25) is 19.3 Å². The maximum Gasteiger partial charge on any atom is 0.243 e. The van der Waals surface area contributed by atoms with E-state index in [1.807, 2.05) is 0 Å². The molecule has 1 rings (SSSR count). The number of nitrogens with two attached hydrogens (primary N) is 1. The molecule has 0 aromatic carbocycles. The number of amides is 3. The van der Waals surface area contributed by atoms with Crippen LogP contribution in [0.1, 0.15) is 162 Å². The first-order valence-corrected chi connectivity index (χ1v) is 19.0. The number of nitrogens with one attached hydrogen (secondary N) is 2. The van der Waals surface area contributed by atoms with Gasteiger partial charge in [-0.1, -0.05) is 136 Å². The summed E-state index contributed by atoms with van der Waals surface area (Å²) in [5, 5.41) is 36.4. The Labute approximate surface area is 285 Å². The van der Waals surface area contributed by atoms with Gasteiger partial charge in [0, 0.05) is 19.4 Å². The Kier molecular flexibility index (Phi) is 24.9. The Morgan fingerprint density at radius 3 is 1.68 bits per heavy atom. The molecule has 0 aromatic rings. The molecule has 4 atom stereocenters. The lowest BCUT2D eigenvalue weighted by molar-refractivity contribution is -0.280. The number of aliphatic hydroxyl groups is 3. The van der Waals surface area contributed by atoms with Crippen LogP contribution in [0.25, 0.3) is 0 Å². The van der Waals surface area contributed by atoms with Gasteiger partial charge in [0.2, 0.25) is 23.6 Å². The summed E-state index contributed by atoms with van der Waals surface area (Å²) in [4.78, 5) is 40.1. The molecule has 11 nitrogen and oxygen atoms in total. The number of unbranched alkanes of at least 4 members (excludes halogenated alkanes) is 19. The zero-order valence-corrected chi connectivity index (χ0v) is 29.8. The Morgan fingerprint density at radius 1 is 0.745 bits per heavy atom. The van der Waals surface area contributed by atoms with Crippen molar-refractivity contribution in [3.63, 3.8) is 0 Å². The number of ether oxygens (including phenoxy) is 1. The molecule has 1 heterocycles. The second-order valence-electron chi connectivity index (χ2n) is 13.4. The lowest BCUT2D eigenvalue weighted by Crippen LogP contribution is -2.72. The monoisotopic (exact) mass is 671 g/mol. The van der Waals surface area contributed by atoms with Crippen LogP contribution in [0, 0.1) is 0 Å². The summed E-state index contributed by atoms with van der Waals surface area (Å²) in [5.74, 6) is -3.16. The van der Waals surface area contributed by atoms with Gasteiger partial charge in [0.25, 0.3) is 0 Å². The molecule has 3 amide bonds. The van der Waals surface area contributed by atoms with Crippen LogP contribution >= 0.6 is 0 Å². The summed E-state index contributed by atoms with van der Waals surface area (Å²) < 4.78 is 6.12. The zero-order valence-electron chi connectivity index (χ0n) is 29.8. The van der Waals surface area contributed by atoms with Crippen LogP contribution in [-0.4, -0.2) is 88.3 Å². The first-order chi connectivity index (χ1) is 22.7. The molecule has 0 saturated carbocycles. The van der Waals surface area contributed by atoms with Crippen LogP contribution < -0.4 is 16.4 Å². The second-order valence-corrected chi connectivity index (χ2v) is 13.4. The highest BCUT2D eigenvalue weighted by Gasteiger charge is 2.52. The number of aliphatic hydroxyl groups excluding tert-OH is 3. The standard InChI is InChI=1S/C36H70N4O7/c1-3-5-7-9-11-13-14-15-17-19-21-23-25-40(34(45)24-22-20-18-16-12-10-8-6-4-2)36(39-33(44)28-38-32(43)27-37)26-30(42)35(46)31(29-41)47-36/h30-31,35,41-42,46H,3-29,37H2,1-2H3,(H,38,43)(H,39,44)/t30-,31-,35+,36+/m1/s1. The van der Waals surface area contributed by atoms with Gasteiger partial charge in [0.15, 0.2) is 0 Å². The highest BCUT2D eigenvalue weighted by molar-refractivity contribution is 5.86. The molecule has 0 aliphatic carbocycles. The van der Waals surface area contributed by atoms with Gasteiger partial charge in [-0.15, -0.1) is 0 Å². The number of nitrogens with zero attached hydrogens (tertiary/aromatic N) is 1. The highest BCUT2D eigenvalue weighted by atomic mass is 16.6. The van der Waals surface area contributed by atoms with Crippen molar-refractivity contribution in [2.24, 2.45) is 5.73 Å². The molecule has 0 unspecified atom stereocenters. The summed E-state index contributed by atoms with van der Waals surface area (Å²) in [6.45, 7) is 3.43. The number of carbonyl (C=O) groups excluding carboxylic acids is 3. The van der Waals surface area contributed by atoms with Crippen LogP contribution in [0.5, 0.6) is 0 Å². The van der Waals surface area contributed by atoms with E-state index in [-0.39, 0.29) is 31.8 Å². The average Bonchev–Trinajstić information content (AvgIpc) is 3.06. The van der Waals surface area contributed by atoms with E-state index in [4.69, 9.17) is 10.5 Å². The van der Waals surface area contributed by atoms with E-state index in [2.05, 4.69) is 24.5 Å². The summed E-state index contributed by atoms with van der Waals surface area (Å²) in [5.41, 5.74) is 5.36. The fraction of sp³-hybridized carbons (Fsp3) is 0.917. The van der Waals surface area contributed by atoms with E-state index in [1.54, 1.807) is 0 Å².